The van der Waals surface area contributed by atoms with Crippen molar-refractivity contribution < 1.29 is 13.2 Å². The standard InChI is InChI=1S/C24H27N3O3S/c1-2-7-18-8-6-9-20(16-18)22-17-23(26-27(22)21-10-4-3-5-11-21)25-24(28)19-12-14-31(29,30)15-13-19/h3-6,8-11,16-17,19H,2,7,12-15H2,1H3,(H,25,26,28). The van der Waals surface area contributed by atoms with Gasteiger partial charge in [0.1, 0.15) is 9.84 Å². The molecule has 1 aliphatic heterocycles. The van der Waals surface area contributed by atoms with E-state index < -0.39 is 9.84 Å². The van der Waals surface area contributed by atoms with E-state index in [1.54, 1.807) is 0 Å². The lowest BCUT2D eigenvalue weighted by Crippen LogP contribution is -2.32. The van der Waals surface area contributed by atoms with E-state index in [9.17, 15) is 13.2 Å². The van der Waals surface area contributed by atoms with Crippen molar-refractivity contribution in [1.29, 1.82) is 0 Å². The van der Waals surface area contributed by atoms with Crippen LogP contribution in [0.3, 0.4) is 0 Å². The maximum Gasteiger partial charge on any atom is 0.228 e. The fraction of sp³-hybridized carbons (Fsp3) is 0.333. The molecule has 3 aromatic rings. The number of amides is 1. The second kappa shape index (κ2) is 9.06. The number of aromatic nitrogens is 2. The molecule has 1 aromatic heterocycles. The van der Waals surface area contributed by atoms with Gasteiger partial charge in [0.2, 0.25) is 5.91 Å². The van der Waals surface area contributed by atoms with Gasteiger partial charge < -0.3 is 5.32 Å². The lowest BCUT2D eigenvalue weighted by molar-refractivity contribution is -0.120. The van der Waals surface area contributed by atoms with Crippen LogP contribution < -0.4 is 5.32 Å². The minimum absolute atomic E-state index is 0.0685. The number of sulfone groups is 1. The quantitative estimate of drug-likeness (QED) is 0.625. The fourth-order valence-corrected chi connectivity index (χ4v) is 5.46. The largest absolute Gasteiger partial charge is 0.309 e. The molecule has 0 saturated carbocycles. The smallest absolute Gasteiger partial charge is 0.228 e. The van der Waals surface area contributed by atoms with Crippen molar-refractivity contribution in [1.82, 2.24) is 9.78 Å². The molecule has 0 unspecified atom stereocenters. The third kappa shape index (κ3) is 5.05. The van der Waals surface area contributed by atoms with E-state index in [-0.39, 0.29) is 23.3 Å². The highest BCUT2D eigenvalue weighted by atomic mass is 32.2. The molecule has 162 valence electrons. The summed E-state index contributed by atoms with van der Waals surface area (Å²) in [7, 11) is -3.01. The number of carbonyl (C=O) groups is 1. The van der Waals surface area contributed by atoms with E-state index in [0.29, 0.717) is 18.7 Å². The Morgan fingerprint density at radius 3 is 2.52 bits per heavy atom. The second-order valence-corrected chi connectivity index (χ2v) is 10.3. The van der Waals surface area contributed by atoms with Crippen molar-refractivity contribution >= 4 is 21.6 Å². The van der Waals surface area contributed by atoms with Crippen LogP contribution >= 0.6 is 0 Å². The molecule has 2 aromatic carbocycles. The SMILES string of the molecule is CCCc1cccc(-c2cc(NC(=O)C3CCS(=O)(=O)CC3)nn2-c2ccccc2)c1. The molecular formula is C24H27N3O3S. The monoisotopic (exact) mass is 437 g/mol. The predicted molar refractivity (Wildman–Crippen MR) is 123 cm³/mol. The first-order valence-electron chi connectivity index (χ1n) is 10.7. The summed E-state index contributed by atoms with van der Waals surface area (Å²) in [6.45, 7) is 2.16. The Morgan fingerprint density at radius 1 is 1.06 bits per heavy atom. The molecule has 1 amide bonds. The van der Waals surface area contributed by atoms with E-state index in [4.69, 9.17) is 0 Å². The average molecular weight is 438 g/mol. The van der Waals surface area contributed by atoms with Crippen molar-refractivity contribution in [2.24, 2.45) is 5.92 Å². The predicted octanol–water partition coefficient (Wildman–Crippen LogP) is 4.26. The van der Waals surface area contributed by atoms with Crippen molar-refractivity contribution in [2.45, 2.75) is 32.6 Å². The zero-order chi connectivity index (χ0) is 21.8. The Labute approximate surface area is 183 Å². The topological polar surface area (TPSA) is 81.1 Å². The third-order valence-electron chi connectivity index (χ3n) is 5.65. The van der Waals surface area contributed by atoms with Gasteiger partial charge in [0, 0.05) is 17.5 Å². The minimum atomic E-state index is -3.01. The molecule has 0 aliphatic carbocycles. The van der Waals surface area contributed by atoms with Crippen LogP contribution in [0.2, 0.25) is 0 Å². The summed E-state index contributed by atoms with van der Waals surface area (Å²) >= 11 is 0. The molecular weight excluding hydrogens is 410 g/mol. The van der Waals surface area contributed by atoms with Gasteiger partial charge in [-0.3, -0.25) is 4.79 Å². The minimum Gasteiger partial charge on any atom is -0.309 e. The molecule has 0 atom stereocenters. The van der Waals surface area contributed by atoms with Gasteiger partial charge in [-0.25, -0.2) is 13.1 Å². The van der Waals surface area contributed by atoms with E-state index in [0.717, 1.165) is 29.8 Å². The highest BCUT2D eigenvalue weighted by Gasteiger charge is 2.29. The van der Waals surface area contributed by atoms with Crippen LogP contribution in [0.25, 0.3) is 16.9 Å². The molecule has 4 rings (SSSR count). The number of nitrogens with one attached hydrogen (secondary N) is 1. The Balaban J connectivity index is 1.64. The number of hydrogen-bond donors (Lipinski definition) is 1. The van der Waals surface area contributed by atoms with Gasteiger partial charge in [-0.15, -0.1) is 5.10 Å². The summed E-state index contributed by atoms with van der Waals surface area (Å²) in [5, 5.41) is 7.58. The molecule has 31 heavy (non-hydrogen) atoms. The molecule has 7 heteroatoms. The van der Waals surface area contributed by atoms with Gasteiger partial charge in [-0.1, -0.05) is 49.7 Å². The van der Waals surface area contributed by atoms with Crippen LogP contribution in [0.5, 0.6) is 0 Å². The number of rotatable bonds is 6. The Hall–Kier alpha value is -2.93. The summed E-state index contributed by atoms with van der Waals surface area (Å²) in [5.74, 6) is 0.136. The van der Waals surface area contributed by atoms with Crippen LogP contribution in [-0.4, -0.2) is 35.6 Å². The summed E-state index contributed by atoms with van der Waals surface area (Å²) in [6.07, 6.45) is 2.79. The molecule has 0 radical (unpaired) electrons. The molecule has 6 nitrogen and oxygen atoms in total. The summed E-state index contributed by atoms with van der Waals surface area (Å²) in [4.78, 5) is 12.8. The van der Waals surface area contributed by atoms with Crippen LogP contribution in [-0.2, 0) is 21.1 Å². The molecule has 1 fully saturated rings. The van der Waals surface area contributed by atoms with E-state index in [1.807, 2.05) is 53.2 Å². The summed E-state index contributed by atoms with van der Waals surface area (Å²) in [5.41, 5.74) is 4.09. The summed E-state index contributed by atoms with van der Waals surface area (Å²) < 4.78 is 25.2. The number of aryl methyl sites for hydroxylation is 1. The highest BCUT2D eigenvalue weighted by molar-refractivity contribution is 7.91. The molecule has 0 bridgehead atoms. The number of para-hydroxylation sites is 1. The molecule has 1 saturated heterocycles. The lowest BCUT2D eigenvalue weighted by atomic mass is 10.0. The zero-order valence-electron chi connectivity index (χ0n) is 17.6. The molecule has 0 spiro atoms. The van der Waals surface area contributed by atoms with Crippen molar-refractivity contribution in [2.75, 3.05) is 16.8 Å². The normalized spacial score (nSPS) is 16.2. The third-order valence-corrected chi connectivity index (χ3v) is 7.36. The molecule has 2 heterocycles. The first-order chi connectivity index (χ1) is 14.9. The number of anilines is 1. The second-order valence-electron chi connectivity index (χ2n) is 8.03. The fourth-order valence-electron chi connectivity index (χ4n) is 3.97. The van der Waals surface area contributed by atoms with Crippen LogP contribution in [0.15, 0.2) is 60.7 Å². The maximum absolute atomic E-state index is 12.8. The number of nitrogens with zero attached hydrogens (tertiary/aromatic N) is 2. The number of carbonyl (C=O) groups excluding carboxylic acids is 1. The van der Waals surface area contributed by atoms with E-state index >= 15 is 0 Å². The van der Waals surface area contributed by atoms with E-state index in [1.165, 1.54) is 5.56 Å². The highest BCUT2D eigenvalue weighted by Crippen LogP contribution is 2.28. The maximum atomic E-state index is 12.8. The molecule has 1 N–H and O–H groups in total. The zero-order valence-corrected chi connectivity index (χ0v) is 18.4. The Morgan fingerprint density at radius 2 is 1.81 bits per heavy atom. The summed E-state index contributed by atoms with van der Waals surface area (Å²) in [6, 6.07) is 20.1. The van der Waals surface area contributed by atoms with Gasteiger partial charge >= 0.3 is 0 Å². The molecule has 1 aliphatic rings. The lowest BCUT2D eigenvalue weighted by Gasteiger charge is -2.20. The van der Waals surface area contributed by atoms with Gasteiger partial charge in [0.15, 0.2) is 5.82 Å². The van der Waals surface area contributed by atoms with Gasteiger partial charge in [0.05, 0.1) is 22.9 Å². The first-order valence-corrected chi connectivity index (χ1v) is 12.5. The Bertz CT molecular complexity index is 1160. The van der Waals surface area contributed by atoms with Crippen LogP contribution in [0, 0.1) is 5.92 Å². The first kappa shape index (κ1) is 21.3. The van der Waals surface area contributed by atoms with Crippen LogP contribution in [0.4, 0.5) is 5.82 Å². The number of hydrogen-bond acceptors (Lipinski definition) is 4. The van der Waals surface area contributed by atoms with Crippen molar-refractivity contribution in [3.05, 3.63) is 66.2 Å². The number of benzene rings is 2. The average Bonchev–Trinajstić information content (AvgIpc) is 3.18. The van der Waals surface area contributed by atoms with Gasteiger partial charge in [0.25, 0.3) is 0 Å². The van der Waals surface area contributed by atoms with E-state index in [2.05, 4.69) is 29.5 Å². The van der Waals surface area contributed by atoms with Crippen molar-refractivity contribution in [3.8, 4) is 16.9 Å². The van der Waals surface area contributed by atoms with Crippen LogP contribution in [0.1, 0.15) is 31.7 Å². The van der Waals surface area contributed by atoms with Gasteiger partial charge in [-0.2, -0.15) is 0 Å². The van der Waals surface area contributed by atoms with Gasteiger partial charge in [-0.05, 0) is 43.0 Å². The van der Waals surface area contributed by atoms with Crippen molar-refractivity contribution in [3.63, 3.8) is 0 Å². The Kier molecular flexibility index (Phi) is 6.23.